The molecule has 2 heterocycles. The third-order valence-electron chi connectivity index (χ3n) is 3.41. The molecular formula is C12H17Cl2N3O2S. The van der Waals surface area contributed by atoms with Crippen molar-refractivity contribution in [1.82, 2.24) is 14.6 Å². The van der Waals surface area contributed by atoms with Crippen LogP contribution in [-0.2, 0) is 10.0 Å². The van der Waals surface area contributed by atoms with Gasteiger partial charge in [-0.1, -0.05) is 23.2 Å². The second-order valence-corrected chi connectivity index (χ2v) is 7.42. The van der Waals surface area contributed by atoms with Crippen molar-refractivity contribution in [3.8, 4) is 0 Å². The molecule has 1 N–H and O–H groups in total. The highest BCUT2D eigenvalue weighted by Gasteiger charge is 2.21. The van der Waals surface area contributed by atoms with Crippen LogP contribution in [0, 0.1) is 0 Å². The van der Waals surface area contributed by atoms with E-state index in [4.69, 9.17) is 23.2 Å². The molecule has 1 aromatic rings. The van der Waals surface area contributed by atoms with Gasteiger partial charge < -0.3 is 0 Å². The monoisotopic (exact) mass is 337 g/mol. The van der Waals surface area contributed by atoms with Crippen LogP contribution in [0.25, 0.3) is 0 Å². The molecule has 1 aliphatic heterocycles. The van der Waals surface area contributed by atoms with Crippen LogP contribution in [0.1, 0.15) is 19.8 Å². The number of sulfonamides is 1. The van der Waals surface area contributed by atoms with Crippen LogP contribution >= 0.6 is 23.2 Å². The van der Waals surface area contributed by atoms with E-state index < -0.39 is 10.0 Å². The van der Waals surface area contributed by atoms with Gasteiger partial charge >= 0.3 is 0 Å². The fourth-order valence-electron chi connectivity index (χ4n) is 2.18. The molecule has 5 nitrogen and oxygen atoms in total. The van der Waals surface area contributed by atoms with Crippen molar-refractivity contribution in [1.29, 1.82) is 0 Å². The molecule has 1 atom stereocenters. The summed E-state index contributed by atoms with van der Waals surface area (Å²) in [5, 5.41) is 0.221. The highest BCUT2D eigenvalue weighted by atomic mass is 35.5. The lowest BCUT2D eigenvalue weighted by Crippen LogP contribution is -2.40. The Balaban J connectivity index is 2.01. The smallest absolute Gasteiger partial charge is 0.242 e. The number of nitrogens with one attached hydrogen (secondary N) is 1. The standard InChI is InChI=1S/C12H17Cl2N3O2S/c1-9(17-4-2-3-5-17)7-16-20(18,19)10-6-11(13)12(14)15-8-10/h6,8-9,16H,2-5,7H2,1H3. The van der Waals surface area contributed by atoms with Crippen molar-refractivity contribution in [3.05, 3.63) is 22.4 Å². The quantitative estimate of drug-likeness (QED) is 0.836. The fourth-order valence-corrected chi connectivity index (χ4v) is 3.60. The number of hydrogen-bond donors (Lipinski definition) is 1. The summed E-state index contributed by atoms with van der Waals surface area (Å²) in [6, 6.07) is 1.47. The highest BCUT2D eigenvalue weighted by molar-refractivity contribution is 7.89. The van der Waals surface area contributed by atoms with E-state index in [0.717, 1.165) is 13.1 Å². The van der Waals surface area contributed by atoms with E-state index in [9.17, 15) is 8.42 Å². The van der Waals surface area contributed by atoms with E-state index in [1.807, 2.05) is 6.92 Å². The van der Waals surface area contributed by atoms with E-state index >= 15 is 0 Å². The minimum Gasteiger partial charge on any atom is -0.299 e. The number of halogens is 2. The third-order valence-corrected chi connectivity index (χ3v) is 5.49. The van der Waals surface area contributed by atoms with Crippen LogP contribution in [0.3, 0.4) is 0 Å². The second-order valence-electron chi connectivity index (χ2n) is 4.89. The van der Waals surface area contributed by atoms with E-state index in [1.54, 1.807) is 0 Å². The van der Waals surface area contributed by atoms with Gasteiger partial charge in [-0.3, -0.25) is 4.90 Å². The zero-order chi connectivity index (χ0) is 14.8. The number of aromatic nitrogens is 1. The summed E-state index contributed by atoms with van der Waals surface area (Å²) in [5.41, 5.74) is 0. The maximum Gasteiger partial charge on any atom is 0.242 e. The maximum atomic E-state index is 12.1. The van der Waals surface area contributed by atoms with Gasteiger partial charge in [0.05, 0.1) is 5.02 Å². The average molecular weight is 338 g/mol. The van der Waals surface area contributed by atoms with Gasteiger partial charge in [-0.2, -0.15) is 0 Å². The lowest BCUT2D eigenvalue weighted by molar-refractivity contribution is 0.260. The Bertz CT molecular complexity index is 574. The van der Waals surface area contributed by atoms with Crippen LogP contribution in [0.15, 0.2) is 17.2 Å². The first-order valence-electron chi connectivity index (χ1n) is 6.45. The topological polar surface area (TPSA) is 62.3 Å². The Morgan fingerprint density at radius 3 is 2.65 bits per heavy atom. The van der Waals surface area contributed by atoms with E-state index in [2.05, 4.69) is 14.6 Å². The third kappa shape index (κ3) is 3.83. The van der Waals surface area contributed by atoms with Crippen molar-refractivity contribution in [2.45, 2.75) is 30.7 Å². The molecule has 1 unspecified atom stereocenters. The first-order valence-corrected chi connectivity index (χ1v) is 8.69. The maximum absolute atomic E-state index is 12.1. The second kappa shape index (κ2) is 6.58. The summed E-state index contributed by atoms with van der Waals surface area (Å²) in [5.74, 6) is 0. The zero-order valence-electron chi connectivity index (χ0n) is 11.1. The van der Waals surface area contributed by atoms with Gasteiger partial charge in [-0.25, -0.2) is 18.1 Å². The normalized spacial score (nSPS) is 18.4. The van der Waals surface area contributed by atoms with Crippen molar-refractivity contribution in [3.63, 3.8) is 0 Å². The van der Waals surface area contributed by atoms with Crippen LogP contribution in [-0.4, -0.2) is 44.0 Å². The summed E-state index contributed by atoms with van der Waals surface area (Å²) >= 11 is 11.5. The average Bonchev–Trinajstić information content (AvgIpc) is 2.93. The summed E-state index contributed by atoms with van der Waals surface area (Å²) in [6.45, 7) is 4.43. The van der Waals surface area contributed by atoms with Crippen LogP contribution in [0.5, 0.6) is 0 Å². The molecule has 1 aliphatic rings. The number of pyridine rings is 1. The molecule has 1 fully saturated rings. The molecule has 0 aromatic carbocycles. The van der Waals surface area contributed by atoms with E-state index in [-0.39, 0.29) is 21.1 Å². The Kier molecular flexibility index (Phi) is 5.25. The first kappa shape index (κ1) is 16.0. The van der Waals surface area contributed by atoms with Crippen LogP contribution in [0.4, 0.5) is 0 Å². The Labute approximate surface area is 129 Å². The molecule has 0 aliphatic carbocycles. The number of hydrogen-bond acceptors (Lipinski definition) is 4. The van der Waals surface area contributed by atoms with Gasteiger partial charge in [0.1, 0.15) is 10.0 Å². The Hall–Kier alpha value is -0.400. The minimum atomic E-state index is -3.61. The molecule has 1 saturated heterocycles. The molecule has 8 heteroatoms. The summed E-state index contributed by atoms with van der Waals surface area (Å²) in [4.78, 5) is 6.06. The van der Waals surface area contributed by atoms with Gasteiger partial charge in [0, 0.05) is 18.8 Å². The van der Waals surface area contributed by atoms with Gasteiger partial charge in [0.2, 0.25) is 10.0 Å². The molecular weight excluding hydrogens is 321 g/mol. The predicted octanol–water partition coefficient (Wildman–Crippen LogP) is 2.15. The summed E-state index contributed by atoms with van der Waals surface area (Å²) in [6.07, 6.45) is 3.55. The lowest BCUT2D eigenvalue weighted by atomic mass is 10.3. The molecule has 0 bridgehead atoms. The predicted molar refractivity (Wildman–Crippen MR) is 79.7 cm³/mol. The van der Waals surface area contributed by atoms with Crippen molar-refractivity contribution < 1.29 is 8.42 Å². The van der Waals surface area contributed by atoms with Crippen LogP contribution in [0.2, 0.25) is 10.2 Å². The van der Waals surface area contributed by atoms with Crippen molar-refractivity contribution in [2.75, 3.05) is 19.6 Å². The Morgan fingerprint density at radius 1 is 1.40 bits per heavy atom. The molecule has 1 aromatic heterocycles. The summed E-state index contributed by atoms with van der Waals surface area (Å²) in [7, 11) is -3.61. The first-order chi connectivity index (χ1) is 9.40. The summed E-state index contributed by atoms with van der Waals surface area (Å²) < 4.78 is 26.9. The number of nitrogens with zero attached hydrogens (tertiary/aromatic N) is 2. The molecule has 20 heavy (non-hydrogen) atoms. The van der Waals surface area contributed by atoms with E-state index in [0.29, 0.717) is 6.54 Å². The van der Waals surface area contributed by atoms with Gasteiger partial charge in [0.25, 0.3) is 0 Å². The highest BCUT2D eigenvalue weighted by Crippen LogP contribution is 2.22. The van der Waals surface area contributed by atoms with Crippen molar-refractivity contribution in [2.24, 2.45) is 0 Å². The van der Waals surface area contributed by atoms with Gasteiger partial charge in [-0.15, -0.1) is 0 Å². The van der Waals surface area contributed by atoms with E-state index in [1.165, 1.54) is 25.1 Å². The molecule has 0 spiro atoms. The largest absolute Gasteiger partial charge is 0.299 e. The van der Waals surface area contributed by atoms with Crippen LogP contribution < -0.4 is 4.72 Å². The Morgan fingerprint density at radius 2 is 2.05 bits per heavy atom. The fraction of sp³-hybridized carbons (Fsp3) is 0.583. The van der Waals surface area contributed by atoms with Gasteiger partial charge in [0.15, 0.2) is 0 Å². The molecule has 0 saturated carbocycles. The molecule has 0 amide bonds. The molecule has 0 radical (unpaired) electrons. The lowest BCUT2D eigenvalue weighted by Gasteiger charge is -2.23. The molecule has 2 rings (SSSR count). The zero-order valence-corrected chi connectivity index (χ0v) is 13.5. The minimum absolute atomic E-state index is 0.0283. The van der Waals surface area contributed by atoms with Crippen molar-refractivity contribution >= 4 is 33.2 Å². The molecule has 112 valence electrons. The number of likely N-dealkylation sites (tertiary alicyclic amines) is 1. The van der Waals surface area contributed by atoms with Gasteiger partial charge in [-0.05, 0) is 38.9 Å². The number of rotatable bonds is 5. The SMILES string of the molecule is CC(CNS(=O)(=O)c1cnc(Cl)c(Cl)c1)N1CCCC1.